The van der Waals surface area contributed by atoms with Gasteiger partial charge >= 0.3 is 6.03 Å². The van der Waals surface area contributed by atoms with Gasteiger partial charge in [0.25, 0.3) is 0 Å². The lowest BCUT2D eigenvalue weighted by molar-refractivity contribution is -0.116. The Balaban J connectivity index is 1.56. The van der Waals surface area contributed by atoms with Gasteiger partial charge in [-0.3, -0.25) is 0 Å². The minimum atomic E-state index is -3.20. The number of amides is 2. The van der Waals surface area contributed by atoms with Crippen LogP contribution in [-0.2, 0) is 14.8 Å². The molecule has 3 fully saturated rings. The fourth-order valence-electron chi connectivity index (χ4n) is 3.93. The molecule has 1 spiro atoms. The summed E-state index contributed by atoms with van der Waals surface area (Å²) >= 11 is 0. The predicted molar refractivity (Wildman–Crippen MR) is 86.7 cm³/mol. The number of nitrogens with one attached hydrogen (secondary N) is 1. The van der Waals surface area contributed by atoms with E-state index in [1.807, 2.05) is 9.80 Å². The molecule has 0 radical (unpaired) electrons. The molecule has 3 heterocycles. The Morgan fingerprint density at radius 1 is 1.17 bits per heavy atom. The second-order valence-corrected chi connectivity index (χ2v) is 8.92. The third-order valence-corrected chi connectivity index (χ3v) is 5.80. The molecule has 0 aromatic rings. The molecule has 3 aliphatic heterocycles. The Morgan fingerprint density at radius 3 is 2.61 bits per heavy atom. The summed E-state index contributed by atoms with van der Waals surface area (Å²) in [5.74, 6) is 0. The maximum Gasteiger partial charge on any atom is 0.320 e. The zero-order valence-corrected chi connectivity index (χ0v) is 14.6. The highest BCUT2D eigenvalue weighted by molar-refractivity contribution is 7.88. The normalized spacial score (nSPS) is 32.0. The predicted octanol–water partition coefficient (Wildman–Crippen LogP) is 0.765. The average Bonchev–Trinajstić information content (AvgIpc) is 3.14. The van der Waals surface area contributed by atoms with Crippen LogP contribution in [0.3, 0.4) is 0 Å². The van der Waals surface area contributed by atoms with E-state index in [1.165, 1.54) is 0 Å². The Kier molecular flexibility index (Phi) is 4.85. The van der Waals surface area contributed by atoms with Crippen molar-refractivity contribution in [2.75, 3.05) is 39.0 Å². The number of sulfonamides is 1. The molecule has 3 rings (SSSR count). The number of carbonyl (C=O) groups excluding carboxylic acids is 1. The number of hydrogen-bond donors (Lipinski definition) is 1. The Bertz CT molecular complexity index is 547. The van der Waals surface area contributed by atoms with Crippen LogP contribution < -0.4 is 4.72 Å². The maximum atomic E-state index is 12.5. The quantitative estimate of drug-likeness (QED) is 0.819. The molecule has 2 atom stereocenters. The van der Waals surface area contributed by atoms with Crippen LogP contribution in [0.2, 0.25) is 0 Å². The molecule has 0 aliphatic carbocycles. The zero-order valence-electron chi connectivity index (χ0n) is 13.8. The lowest BCUT2D eigenvalue weighted by atomic mass is 9.90. The molecule has 2 amide bonds. The van der Waals surface area contributed by atoms with Crippen molar-refractivity contribution in [1.29, 1.82) is 0 Å². The first-order valence-electron chi connectivity index (χ1n) is 8.53. The highest BCUT2D eigenvalue weighted by atomic mass is 32.2. The van der Waals surface area contributed by atoms with Crippen molar-refractivity contribution in [3.05, 3.63) is 0 Å². The molecule has 3 saturated heterocycles. The molecule has 23 heavy (non-hydrogen) atoms. The molecule has 3 aliphatic rings. The Morgan fingerprint density at radius 2 is 1.91 bits per heavy atom. The number of hydrogen-bond acceptors (Lipinski definition) is 4. The second-order valence-electron chi connectivity index (χ2n) is 7.08. The summed E-state index contributed by atoms with van der Waals surface area (Å²) < 4.78 is 31.3. The monoisotopic (exact) mass is 345 g/mol. The van der Waals surface area contributed by atoms with Gasteiger partial charge in [-0.2, -0.15) is 0 Å². The molecule has 0 saturated carbocycles. The molecule has 0 aromatic carbocycles. The summed E-state index contributed by atoms with van der Waals surface area (Å²) in [6.45, 7) is 3.42. The van der Waals surface area contributed by atoms with E-state index in [4.69, 9.17) is 4.74 Å². The van der Waals surface area contributed by atoms with E-state index >= 15 is 0 Å². The first-order chi connectivity index (χ1) is 10.9. The van der Waals surface area contributed by atoms with Crippen LogP contribution in [0, 0.1) is 0 Å². The van der Waals surface area contributed by atoms with E-state index in [2.05, 4.69) is 4.72 Å². The molecule has 8 heteroatoms. The third kappa shape index (κ3) is 4.16. The van der Waals surface area contributed by atoms with Crippen molar-refractivity contribution in [2.24, 2.45) is 0 Å². The van der Waals surface area contributed by atoms with Crippen molar-refractivity contribution < 1.29 is 17.9 Å². The van der Waals surface area contributed by atoms with E-state index in [0.717, 1.165) is 64.4 Å². The van der Waals surface area contributed by atoms with Crippen LogP contribution in [0.1, 0.15) is 38.5 Å². The molecule has 0 bridgehead atoms. The fraction of sp³-hybridized carbons (Fsp3) is 0.933. The van der Waals surface area contributed by atoms with Gasteiger partial charge in [0.2, 0.25) is 10.0 Å². The topological polar surface area (TPSA) is 79.0 Å². The third-order valence-electron chi connectivity index (χ3n) is 5.11. The fourth-order valence-corrected chi connectivity index (χ4v) is 4.42. The van der Waals surface area contributed by atoms with E-state index in [-0.39, 0.29) is 17.7 Å². The molecular weight excluding hydrogens is 318 g/mol. The average molecular weight is 345 g/mol. The zero-order chi connectivity index (χ0) is 16.5. The summed E-state index contributed by atoms with van der Waals surface area (Å²) in [6, 6.07) is 0.138. The highest BCUT2D eigenvalue weighted by Crippen LogP contribution is 2.37. The maximum absolute atomic E-state index is 12.5. The van der Waals surface area contributed by atoms with Crippen LogP contribution >= 0.6 is 0 Å². The summed E-state index contributed by atoms with van der Waals surface area (Å²) in [5, 5.41) is 0. The minimum Gasteiger partial charge on any atom is -0.368 e. The molecule has 132 valence electrons. The molecule has 7 nitrogen and oxygen atoms in total. The first kappa shape index (κ1) is 17.0. The number of ether oxygens (including phenoxy) is 1. The van der Waals surface area contributed by atoms with E-state index < -0.39 is 10.0 Å². The molecule has 1 N–H and O–H groups in total. The van der Waals surface area contributed by atoms with Crippen LogP contribution in [-0.4, -0.2) is 74.9 Å². The van der Waals surface area contributed by atoms with Gasteiger partial charge in [-0.1, -0.05) is 0 Å². The minimum absolute atomic E-state index is 0.0969. The van der Waals surface area contributed by atoms with Gasteiger partial charge in [0.15, 0.2) is 0 Å². The van der Waals surface area contributed by atoms with Crippen LogP contribution in [0.4, 0.5) is 4.79 Å². The largest absolute Gasteiger partial charge is 0.368 e. The van der Waals surface area contributed by atoms with E-state index in [9.17, 15) is 13.2 Å². The number of nitrogens with zero attached hydrogens (tertiary/aromatic N) is 2. The van der Waals surface area contributed by atoms with Gasteiger partial charge in [0.1, 0.15) is 0 Å². The van der Waals surface area contributed by atoms with Crippen molar-refractivity contribution in [3.8, 4) is 0 Å². The number of rotatable bonds is 3. The summed E-state index contributed by atoms with van der Waals surface area (Å²) in [7, 11) is -3.20. The van der Waals surface area contributed by atoms with E-state index in [0.29, 0.717) is 13.1 Å². The molecule has 0 aromatic heterocycles. The van der Waals surface area contributed by atoms with Gasteiger partial charge in [0, 0.05) is 26.2 Å². The van der Waals surface area contributed by atoms with Crippen molar-refractivity contribution in [3.63, 3.8) is 0 Å². The van der Waals surface area contributed by atoms with Gasteiger partial charge in [0.05, 0.1) is 24.5 Å². The van der Waals surface area contributed by atoms with Crippen molar-refractivity contribution in [1.82, 2.24) is 14.5 Å². The van der Waals surface area contributed by atoms with Gasteiger partial charge in [-0.25, -0.2) is 17.9 Å². The Labute approximate surface area is 138 Å². The van der Waals surface area contributed by atoms with Gasteiger partial charge in [-0.15, -0.1) is 0 Å². The van der Waals surface area contributed by atoms with Crippen LogP contribution in [0.15, 0.2) is 0 Å². The van der Waals surface area contributed by atoms with Gasteiger partial charge < -0.3 is 14.5 Å². The number of carbonyl (C=O) groups is 1. The van der Waals surface area contributed by atoms with Crippen molar-refractivity contribution >= 4 is 16.1 Å². The smallest absolute Gasteiger partial charge is 0.320 e. The molecular formula is C15H27N3O4S. The highest BCUT2D eigenvalue weighted by Gasteiger charge is 2.45. The number of likely N-dealkylation sites (tertiary alicyclic amines) is 2. The van der Waals surface area contributed by atoms with Gasteiger partial charge in [-0.05, 0) is 38.5 Å². The summed E-state index contributed by atoms with van der Waals surface area (Å²) in [6.07, 6.45) is 6.94. The van der Waals surface area contributed by atoms with E-state index in [1.54, 1.807) is 0 Å². The van der Waals surface area contributed by atoms with Crippen molar-refractivity contribution in [2.45, 2.75) is 50.2 Å². The molecule has 0 unspecified atom stereocenters. The Hall–Kier alpha value is -0.860. The second kappa shape index (κ2) is 6.57. The summed E-state index contributed by atoms with van der Waals surface area (Å²) in [5.41, 5.74) is -0.280. The van der Waals surface area contributed by atoms with Crippen LogP contribution in [0.5, 0.6) is 0 Å². The SMILES string of the molecule is CS(=O)(=O)NC[C@@H]1CCC[C@@]2(CCN(C(=O)N3CCCC3)C2)O1. The lowest BCUT2D eigenvalue weighted by Gasteiger charge is -2.38. The number of urea groups is 1. The van der Waals surface area contributed by atoms with Crippen LogP contribution in [0.25, 0.3) is 0 Å². The standard InChI is InChI=1S/C15H27N3O4S/c1-23(20,21)16-11-13-5-4-6-15(22-13)7-10-18(12-15)14(19)17-8-2-3-9-17/h13,16H,2-12H2,1H3/t13-,15-/m0/s1. The summed E-state index contributed by atoms with van der Waals surface area (Å²) in [4.78, 5) is 16.4. The first-order valence-corrected chi connectivity index (χ1v) is 10.4. The lowest BCUT2D eigenvalue weighted by Crippen LogP contribution is -2.48.